The lowest BCUT2D eigenvalue weighted by atomic mass is 9.89. The Balaban J connectivity index is 1.82. The van der Waals surface area contributed by atoms with Crippen molar-refractivity contribution in [2.45, 2.75) is 51.2 Å². The topological polar surface area (TPSA) is 30.9 Å². The number of alkyl halides is 4. The van der Waals surface area contributed by atoms with Crippen molar-refractivity contribution in [3.8, 4) is 0 Å². The molecule has 0 aliphatic heterocycles. The normalized spacial score (nSPS) is 17.3. The first-order valence-electron chi connectivity index (χ1n) is 11.8. The van der Waals surface area contributed by atoms with Crippen molar-refractivity contribution < 1.29 is 17.6 Å². The van der Waals surface area contributed by atoms with Gasteiger partial charge in [-0.05, 0) is 65.6 Å². The van der Waals surface area contributed by atoms with Gasteiger partial charge in [-0.2, -0.15) is 13.2 Å². The predicted octanol–water partition coefficient (Wildman–Crippen LogP) is 8.54. The Hall–Kier alpha value is -2.99. The van der Waals surface area contributed by atoms with E-state index in [0.717, 1.165) is 29.2 Å². The van der Waals surface area contributed by atoms with Gasteiger partial charge in [-0.15, -0.1) is 11.6 Å². The van der Waals surface area contributed by atoms with E-state index in [4.69, 9.17) is 17.3 Å². The molecule has 1 aliphatic rings. The second-order valence-electron chi connectivity index (χ2n) is 9.79. The van der Waals surface area contributed by atoms with Gasteiger partial charge in [0.1, 0.15) is 5.82 Å². The van der Waals surface area contributed by atoms with Crippen LogP contribution in [0.25, 0.3) is 22.2 Å². The highest BCUT2D eigenvalue weighted by Crippen LogP contribution is 2.41. The number of halogens is 5. The Morgan fingerprint density at radius 1 is 1.17 bits per heavy atom. The molecule has 0 saturated carbocycles. The van der Waals surface area contributed by atoms with Crippen LogP contribution in [0.4, 0.5) is 17.6 Å². The van der Waals surface area contributed by atoms with Gasteiger partial charge in [-0.1, -0.05) is 56.8 Å². The van der Waals surface area contributed by atoms with Crippen molar-refractivity contribution >= 4 is 33.8 Å². The number of benzene rings is 2. The summed E-state index contributed by atoms with van der Waals surface area (Å²) in [6, 6.07) is 10.9. The minimum absolute atomic E-state index is 0.116. The lowest BCUT2D eigenvalue weighted by Gasteiger charge is -2.25. The molecule has 2 nitrogen and oxygen atoms in total. The van der Waals surface area contributed by atoms with Crippen molar-refractivity contribution in [1.82, 2.24) is 4.57 Å². The van der Waals surface area contributed by atoms with E-state index in [1.54, 1.807) is 0 Å². The van der Waals surface area contributed by atoms with Crippen molar-refractivity contribution in [3.05, 3.63) is 95.0 Å². The Kier molecular flexibility index (Phi) is 7.11. The van der Waals surface area contributed by atoms with Gasteiger partial charge in [0.05, 0.1) is 16.9 Å². The van der Waals surface area contributed by atoms with Crippen LogP contribution in [0.1, 0.15) is 55.0 Å². The Morgan fingerprint density at radius 2 is 1.83 bits per heavy atom. The van der Waals surface area contributed by atoms with Gasteiger partial charge < -0.3 is 10.3 Å². The molecular formula is C29H29ClF4N2. The van der Waals surface area contributed by atoms with Crippen LogP contribution in [0.3, 0.4) is 0 Å². The number of rotatable bonds is 6. The molecule has 2 N–H and O–H groups in total. The molecule has 3 aromatic rings. The molecule has 2 atom stereocenters. The molecule has 0 spiro atoms. The third-order valence-electron chi connectivity index (χ3n) is 6.79. The predicted molar refractivity (Wildman–Crippen MR) is 140 cm³/mol. The Bertz CT molecular complexity index is 1360. The highest BCUT2D eigenvalue weighted by molar-refractivity contribution is 6.27. The lowest BCUT2D eigenvalue weighted by Crippen LogP contribution is -2.19. The quantitative estimate of drug-likeness (QED) is 0.258. The smallest absolute Gasteiger partial charge is 0.399 e. The first-order valence-corrected chi connectivity index (χ1v) is 12.3. The summed E-state index contributed by atoms with van der Waals surface area (Å²) in [6.45, 7) is 9.87. The van der Waals surface area contributed by atoms with Crippen LogP contribution >= 0.6 is 11.6 Å². The molecule has 2 aromatic carbocycles. The van der Waals surface area contributed by atoms with Crippen LogP contribution in [-0.4, -0.2) is 16.1 Å². The maximum absolute atomic E-state index is 15.7. The van der Waals surface area contributed by atoms with Gasteiger partial charge in [-0.3, -0.25) is 0 Å². The number of nitrogens with two attached hydrogens (primary N) is 1. The van der Waals surface area contributed by atoms with Gasteiger partial charge in [0.15, 0.2) is 0 Å². The average molecular weight is 517 g/mol. The van der Waals surface area contributed by atoms with Crippen LogP contribution < -0.4 is 5.73 Å². The number of hydrogen-bond acceptors (Lipinski definition) is 1. The molecule has 2 unspecified atom stereocenters. The van der Waals surface area contributed by atoms with Gasteiger partial charge >= 0.3 is 6.18 Å². The van der Waals surface area contributed by atoms with Crippen molar-refractivity contribution in [2.75, 3.05) is 0 Å². The second-order valence-corrected chi connectivity index (χ2v) is 10.3. The molecule has 0 amide bonds. The van der Waals surface area contributed by atoms with Gasteiger partial charge in [0, 0.05) is 22.9 Å². The van der Waals surface area contributed by atoms with Crippen molar-refractivity contribution in [2.24, 2.45) is 11.7 Å². The highest BCUT2D eigenvalue weighted by Gasteiger charge is 2.37. The highest BCUT2D eigenvalue weighted by atomic mass is 35.5. The van der Waals surface area contributed by atoms with E-state index in [1.807, 2.05) is 48.0 Å². The molecule has 7 heteroatoms. The molecule has 36 heavy (non-hydrogen) atoms. The average Bonchev–Trinajstić information content (AvgIpc) is 3.25. The minimum Gasteiger partial charge on any atom is -0.399 e. The summed E-state index contributed by atoms with van der Waals surface area (Å²) >= 11 is 6.37. The van der Waals surface area contributed by atoms with Gasteiger partial charge in [0.25, 0.3) is 0 Å². The first kappa shape index (κ1) is 26.1. The molecule has 1 aliphatic carbocycles. The van der Waals surface area contributed by atoms with E-state index >= 15 is 4.39 Å². The third-order valence-corrected chi connectivity index (χ3v) is 7.18. The summed E-state index contributed by atoms with van der Waals surface area (Å²) in [5.41, 5.74) is 9.74. The maximum Gasteiger partial charge on any atom is 0.412 e. The van der Waals surface area contributed by atoms with Gasteiger partial charge in [0.2, 0.25) is 0 Å². The summed E-state index contributed by atoms with van der Waals surface area (Å²) in [4.78, 5) is 0. The number of aryl methyl sites for hydroxylation is 1. The largest absolute Gasteiger partial charge is 0.412 e. The summed E-state index contributed by atoms with van der Waals surface area (Å²) in [5, 5.41) is -0.185. The van der Waals surface area contributed by atoms with E-state index in [-0.39, 0.29) is 12.5 Å². The number of hydrogen-bond donors (Lipinski definition) is 1. The molecule has 0 saturated heterocycles. The van der Waals surface area contributed by atoms with Crippen LogP contribution in [0, 0.1) is 18.7 Å². The zero-order chi connectivity index (χ0) is 26.4. The SMILES string of the molecule is C=C(N)c1ccc(C(CC(C)C)n2ccc3c(C)c(C4=CC=C(C(F)(F)F)CC4Cl)cc(F)c32)cc1. The zero-order valence-electron chi connectivity index (χ0n) is 20.5. The van der Waals surface area contributed by atoms with Crippen molar-refractivity contribution in [1.29, 1.82) is 0 Å². The van der Waals surface area contributed by atoms with E-state index in [1.165, 1.54) is 12.1 Å². The standard InChI is InChI=1S/C29H29ClF4N2/c1-16(2)13-27(20-7-5-19(6-8-20)18(4)35)36-12-11-22-17(3)24(15-26(31)28(22)36)23-10-9-21(14-25(23)30)29(32,33)34/h5-12,15-16,25,27H,4,13-14,35H2,1-3H3. The summed E-state index contributed by atoms with van der Waals surface area (Å²) in [6.07, 6.45) is 0.286. The van der Waals surface area contributed by atoms with Gasteiger partial charge in [-0.25, -0.2) is 4.39 Å². The Labute approximate surface area is 213 Å². The van der Waals surface area contributed by atoms with E-state index in [0.29, 0.717) is 33.7 Å². The van der Waals surface area contributed by atoms with E-state index in [2.05, 4.69) is 20.4 Å². The van der Waals surface area contributed by atoms with Crippen molar-refractivity contribution in [3.63, 3.8) is 0 Å². The summed E-state index contributed by atoms with van der Waals surface area (Å²) < 4.78 is 57.1. The van der Waals surface area contributed by atoms with E-state index in [9.17, 15) is 13.2 Å². The van der Waals surface area contributed by atoms with Crippen LogP contribution in [0.5, 0.6) is 0 Å². The number of nitrogens with zero attached hydrogens (tertiary/aromatic N) is 1. The summed E-state index contributed by atoms with van der Waals surface area (Å²) in [5.74, 6) is -0.0919. The summed E-state index contributed by atoms with van der Waals surface area (Å²) in [7, 11) is 0. The molecule has 190 valence electrons. The molecule has 4 rings (SSSR count). The molecule has 0 fully saturated rings. The van der Waals surface area contributed by atoms with Crippen LogP contribution in [-0.2, 0) is 0 Å². The lowest BCUT2D eigenvalue weighted by molar-refractivity contribution is -0.0938. The fourth-order valence-corrected chi connectivity index (χ4v) is 5.28. The fraction of sp³-hybridized carbons (Fsp3) is 0.310. The number of aromatic nitrogens is 1. The monoisotopic (exact) mass is 516 g/mol. The first-order chi connectivity index (χ1) is 16.9. The zero-order valence-corrected chi connectivity index (χ0v) is 21.2. The molecule has 0 radical (unpaired) electrons. The molecule has 1 aromatic heterocycles. The minimum atomic E-state index is -4.43. The third kappa shape index (κ3) is 4.96. The number of allylic oxidation sites excluding steroid dienone is 4. The van der Waals surface area contributed by atoms with Crippen LogP contribution in [0.2, 0.25) is 0 Å². The molecular weight excluding hydrogens is 488 g/mol. The fourth-order valence-electron chi connectivity index (χ4n) is 4.92. The Morgan fingerprint density at radius 3 is 2.39 bits per heavy atom. The van der Waals surface area contributed by atoms with Crippen LogP contribution in [0.15, 0.2) is 66.9 Å². The maximum atomic E-state index is 15.7. The molecule has 1 heterocycles. The molecule has 0 bridgehead atoms. The number of fused-ring (bicyclic) bond motifs is 1. The van der Waals surface area contributed by atoms with E-state index < -0.39 is 22.9 Å². The second kappa shape index (κ2) is 9.81.